The third-order valence-corrected chi connectivity index (χ3v) is 5.84. The van der Waals surface area contributed by atoms with Crippen LogP contribution in [-0.2, 0) is 9.53 Å². The number of alkyl carbamates (subject to hydrolysis) is 1. The number of carbonyl (C=O) groups is 2. The van der Waals surface area contributed by atoms with E-state index in [1.807, 2.05) is 19.1 Å². The number of carbonyl (C=O) groups excluding carboxylic acids is 2. The topological polar surface area (TPSA) is 58.6 Å². The van der Waals surface area contributed by atoms with Gasteiger partial charge >= 0.3 is 6.09 Å². The first kappa shape index (κ1) is 22.8. The van der Waals surface area contributed by atoms with Gasteiger partial charge in [-0.25, -0.2) is 4.79 Å². The van der Waals surface area contributed by atoms with Crippen molar-refractivity contribution in [1.29, 1.82) is 0 Å². The van der Waals surface area contributed by atoms with Crippen molar-refractivity contribution in [2.24, 2.45) is 0 Å². The molecule has 1 heterocycles. The van der Waals surface area contributed by atoms with E-state index in [1.165, 1.54) is 23.6 Å². The van der Waals surface area contributed by atoms with Crippen LogP contribution in [0, 0.1) is 0 Å². The minimum absolute atomic E-state index is 0.0800. The smallest absolute Gasteiger partial charge is 0.408 e. The number of benzene rings is 2. The van der Waals surface area contributed by atoms with Gasteiger partial charge in [-0.3, -0.25) is 9.69 Å². The van der Waals surface area contributed by atoms with Gasteiger partial charge in [-0.15, -0.1) is 0 Å². The lowest BCUT2D eigenvalue weighted by molar-refractivity contribution is -0.140. The number of amides is 1. The largest absolute Gasteiger partial charge is 0.435 e. The van der Waals surface area contributed by atoms with Gasteiger partial charge < -0.3 is 10.1 Å². The summed E-state index contributed by atoms with van der Waals surface area (Å²) in [7, 11) is 0. The van der Waals surface area contributed by atoms with Crippen LogP contribution in [0.25, 0.3) is 5.57 Å². The molecule has 31 heavy (non-hydrogen) atoms. The molecule has 1 aliphatic rings. The van der Waals surface area contributed by atoms with Crippen LogP contribution in [0.3, 0.4) is 0 Å². The molecule has 0 atom stereocenters. The van der Waals surface area contributed by atoms with Crippen LogP contribution in [0.1, 0.15) is 44.2 Å². The number of likely N-dealkylation sites (tertiary alicyclic amines) is 1. The van der Waals surface area contributed by atoms with Gasteiger partial charge in [0.25, 0.3) is 0 Å². The van der Waals surface area contributed by atoms with Crippen LogP contribution < -0.4 is 5.32 Å². The summed E-state index contributed by atoms with van der Waals surface area (Å²) in [5, 5.41) is 2.71. The van der Waals surface area contributed by atoms with Gasteiger partial charge in [0, 0.05) is 39.0 Å². The van der Waals surface area contributed by atoms with Crippen molar-refractivity contribution in [2.45, 2.75) is 38.7 Å². The number of ether oxygens (including phenoxy) is 1. The molecule has 5 heteroatoms. The third kappa shape index (κ3) is 6.05. The van der Waals surface area contributed by atoms with Gasteiger partial charge in [-0.05, 0) is 30.0 Å². The number of nitrogens with one attached hydrogen (secondary N) is 1. The van der Waals surface area contributed by atoms with Gasteiger partial charge in [-0.2, -0.15) is 0 Å². The number of hydrogen-bond acceptors (Lipinski definition) is 4. The lowest BCUT2D eigenvalue weighted by Gasteiger charge is -2.39. The monoisotopic (exact) mass is 420 g/mol. The summed E-state index contributed by atoms with van der Waals surface area (Å²) < 4.78 is 5.61. The Kier molecular flexibility index (Phi) is 8.01. The second-order valence-corrected chi connectivity index (χ2v) is 8.02. The SMILES string of the molecule is CCCNC(=O)OC1(C(C)=O)CCN(CC=C(c2ccccc2)c2ccccc2)CC1. The second kappa shape index (κ2) is 10.9. The van der Waals surface area contributed by atoms with E-state index in [0.717, 1.165) is 13.0 Å². The summed E-state index contributed by atoms with van der Waals surface area (Å²) in [4.78, 5) is 26.7. The van der Waals surface area contributed by atoms with Crippen molar-refractivity contribution in [3.8, 4) is 0 Å². The molecular weight excluding hydrogens is 388 g/mol. The number of ketones is 1. The van der Waals surface area contributed by atoms with E-state index < -0.39 is 11.7 Å². The Labute approximate surface area is 185 Å². The first-order valence-corrected chi connectivity index (χ1v) is 11.1. The van der Waals surface area contributed by atoms with Crippen molar-refractivity contribution in [2.75, 3.05) is 26.2 Å². The minimum Gasteiger partial charge on any atom is -0.435 e. The predicted octanol–water partition coefficient (Wildman–Crippen LogP) is 4.68. The van der Waals surface area contributed by atoms with Gasteiger partial charge in [0.15, 0.2) is 11.4 Å². The molecule has 2 aromatic carbocycles. The average Bonchev–Trinajstić information content (AvgIpc) is 2.80. The molecule has 1 saturated heterocycles. The number of nitrogens with zero attached hydrogens (tertiary/aromatic N) is 1. The number of hydrogen-bond donors (Lipinski definition) is 1. The van der Waals surface area contributed by atoms with Crippen LogP contribution in [0.15, 0.2) is 66.7 Å². The fourth-order valence-corrected chi connectivity index (χ4v) is 3.92. The molecule has 5 nitrogen and oxygen atoms in total. The summed E-state index contributed by atoms with van der Waals surface area (Å²) in [5.41, 5.74) is 2.54. The van der Waals surface area contributed by atoms with Crippen molar-refractivity contribution in [3.63, 3.8) is 0 Å². The zero-order chi connectivity index (χ0) is 22.1. The highest BCUT2D eigenvalue weighted by atomic mass is 16.6. The Morgan fingerprint density at radius 1 is 1.00 bits per heavy atom. The first-order valence-electron chi connectivity index (χ1n) is 11.1. The average molecular weight is 421 g/mol. The van der Waals surface area contributed by atoms with Crippen molar-refractivity contribution >= 4 is 17.4 Å². The fourth-order valence-electron chi connectivity index (χ4n) is 3.92. The van der Waals surface area contributed by atoms with Crippen LogP contribution >= 0.6 is 0 Å². The van der Waals surface area contributed by atoms with Crippen LogP contribution in [-0.4, -0.2) is 48.6 Å². The maximum absolute atomic E-state index is 12.3. The number of piperidine rings is 1. The summed E-state index contributed by atoms with van der Waals surface area (Å²) >= 11 is 0. The summed E-state index contributed by atoms with van der Waals surface area (Å²) in [6, 6.07) is 20.7. The third-order valence-electron chi connectivity index (χ3n) is 5.84. The lowest BCUT2D eigenvalue weighted by Crippen LogP contribution is -2.52. The molecule has 1 amide bonds. The van der Waals surface area contributed by atoms with Gasteiger partial charge in [0.1, 0.15) is 0 Å². The van der Waals surface area contributed by atoms with Crippen LogP contribution in [0.5, 0.6) is 0 Å². The van der Waals surface area contributed by atoms with Crippen molar-refractivity contribution < 1.29 is 14.3 Å². The Morgan fingerprint density at radius 3 is 2.03 bits per heavy atom. The molecule has 1 aliphatic heterocycles. The quantitative estimate of drug-likeness (QED) is 0.674. The standard InChI is InChI=1S/C26H32N2O3/c1-3-17-27-25(30)31-26(21(2)29)15-19-28(20-16-26)18-14-24(22-10-6-4-7-11-22)23-12-8-5-9-13-23/h4-14H,3,15-20H2,1-2H3,(H,27,30). The van der Waals surface area contributed by atoms with Gasteiger partial charge in [0.05, 0.1) is 0 Å². The van der Waals surface area contributed by atoms with E-state index in [2.05, 4.69) is 64.8 Å². The van der Waals surface area contributed by atoms with Gasteiger partial charge in [-0.1, -0.05) is 73.7 Å². The van der Waals surface area contributed by atoms with E-state index >= 15 is 0 Å². The molecule has 3 rings (SSSR count). The number of Topliss-reactive ketones (excluding diaryl/α,β-unsaturated/α-hetero) is 1. The normalized spacial score (nSPS) is 15.7. The van der Waals surface area contributed by atoms with Crippen LogP contribution in [0.2, 0.25) is 0 Å². The van der Waals surface area contributed by atoms with Crippen molar-refractivity contribution in [3.05, 3.63) is 77.9 Å². The summed E-state index contributed by atoms with van der Waals surface area (Å²) in [6.45, 7) is 6.22. The highest BCUT2D eigenvalue weighted by Crippen LogP contribution is 2.29. The number of rotatable bonds is 8. The molecule has 0 saturated carbocycles. The molecule has 0 spiro atoms. The molecule has 0 bridgehead atoms. The highest BCUT2D eigenvalue weighted by molar-refractivity contribution is 5.87. The first-order chi connectivity index (χ1) is 15.0. The summed E-state index contributed by atoms with van der Waals surface area (Å²) in [6.07, 6.45) is 3.61. The molecule has 0 radical (unpaired) electrons. The van der Waals surface area contributed by atoms with Gasteiger partial charge in [0.2, 0.25) is 0 Å². The minimum atomic E-state index is -1.01. The molecule has 1 N–H and O–H groups in total. The molecule has 1 fully saturated rings. The molecule has 0 aliphatic carbocycles. The van der Waals surface area contributed by atoms with E-state index in [-0.39, 0.29) is 5.78 Å². The molecular formula is C26H32N2O3. The zero-order valence-electron chi connectivity index (χ0n) is 18.5. The van der Waals surface area contributed by atoms with Crippen LogP contribution in [0.4, 0.5) is 4.79 Å². The van der Waals surface area contributed by atoms with E-state index in [9.17, 15) is 9.59 Å². The fraction of sp³-hybridized carbons (Fsp3) is 0.385. The molecule has 164 valence electrons. The van der Waals surface area contributed by atoms with Crippen molar-refractivity contribution in [1.82, 2.24) is 10.2 Å². The molecule has 0 aromatic heterocycles. The maximum Gasteiger partial charge on any atom is 0.408 e. The Bertz CT molecular complexity index is 844. The van der Waals surface area contributed by atoms with E-state index in [1.54, 1.807) is 0 Å². The summed E-state index contributed by atoms with van der Waals surface area (Å²) in [5.74, 6) is -0.0800. The lowest BCUT2D eigenvalue weighted by atomic mass is 9.87. The Balaban J connectivity index is 1.68. The predicted molar refractivity (Wildman–Crippen MR) is 124 cm³/mol. The maximum atomic E-state index is 12.3. The van der Waals surface area contributed by atoms with E-state index in [0.29, 0.717) is 32.5 Å². The highest BCUT2D eigenvalue weighted by Gasteiger charge is 2.42. The zero-order valence-corrected chi connectivity index (χ0v) is 18.5. The van der Waals surface area contributed by atoms with E-state index in [4.69, 9.17) is 4.74 Å². The Hall–Kier alpha value is -2.92. The Morgan fingerprint density at radius 2 is 1.55 bits per heavy atom. The molecule has 2 aromatic rings. The second-order valence-electron chi connectivity index (χ2n) is 8.02. The molecule has 0 unspecified atom stereocenters.